The molecular weight excluding hydrogens is 202 g/mol. The molecule has 0 unspecified atom stereocenters. The van der Waals surface area contributed by atoms with Crippen molar-refractivity contribution in [2.75, 3.05) is 0 Å². The van der Waals surface area contributed by atoms with E-state index in [1.165, 1.54) is 11.3 Å². The van der Waals surface area contributed by atoms with Crippen LogP contribution < -0.4 is 0 Å². The molecule has 0 aromatic carbocycles. The maximum atomic E-state index is 10.7. The Balaban J connectivity index is 2.51. The van der Waals surface area contributed by atoms with Crippen LogP contribution in [0.4, 0.5) is 0 Å². The molecule has 14 heavy (non-hydrogen) atoms. The second-order valence-corrected chi connectivity index (χ2v) is 3.73. The molecular formula is C8H7N3O2S. The molecule has 0 amide bonds. The fourth-order valence-corrected chi connectivity index (χ4v) is 2.00. The van der Waals surface area contributed by atoms with Crippen LogP contribution in [0.25, 0.3) is 10.6 Å². The summed E-state index contributed by atoms with van der Waals surface area (Å²) in [4.78, 5) is 11.6. The molecule has 0 saturated carbocycles. The maximum Gasteiger partial charge on any atom is 0.358 e. The number of thiophene rings is 1. The van der Waals surface area contributed by atoms with Crippen molar-refractivity contribution in [2.24, 2.45) is 0 Å². The minimum Gasteiger partial charge on any atom is -0.476 e. The van der Waals surface area contributed by atoms with Gasteiger partial charge >= 0.3 is 5.97 Å². The first kappa shape index (κ1) is 8.89. The van der Waals surface area contributed by atoms with Crippen molar-refractivity contribution in [3.63, 3.8) is 0 Å². The molecule has 2 N–H and O–H groups in total. The Labute approximate surface area is 83.4 Å². The standard InChI is InChI=1S/C8H7N3O2S/c1-4-2-5(14-3-4)6-7(8(12)13)10-11-9-6/h2-3H,1H3,(H,12,13)(H,9,10,11). The van der Waals surface area contributed by atoms with Crippen LogP contribution in [0.15, 0.2) is 11.4 Å². The van der Waals surface area contributed by atoms with E-state index in [4.69, 9.17) is 5.11 Å². The zero-order chi connectivity index (χ0) is 10.1. The topological polar surface area (TPSA) is 78.9 Å². The number of H-pyrrole nitrogens is 1. The van der Waals surface area contributed by atoms with E-state index in [1.54, 1.807) is 0 Å². The smallest absolute Gasteiger partial charge is 0.358 e. The Morgan fingerprint density at radius 3 is 2.93 bits per heavy atom. The summed E-state index contributed by atoms with van der Waals surface area (Å²) in [7, 11) is 0. The molecule has 6 heteroatoms. The van der Waals surface area contributed by atoms with Crippen molar-refractivity contribution < 1.29 is 9.90 Å². The van der Waals surface area contributed by atoms with Crippen LogP contribution in [0, 0.1) is 6.92 Å². The van der Waals surface area contributed by atoms with E-state index in [0.717, 1.165) is 10.4 Å². The average Bonchev–Trinajstić information content (AvgIpc) is 2.70. The van der Waals surface area contributed by atoms with Gasteiger partial charge in [-0.25, -0.2) is 4.79 Å². The zero-order valence-corrected chi connectivity index (χ0v) is 8.13. The van der Waals surface area contributed by atoms with Crippen molar-refractivity contribution >= 4 is 17.3 Å². The predicted octanol–water partition coefficient (Wildman–Crippen LogP) is 1.54. The van der Waals surface area contributed by atoms with Gasteiger partial charge in [0.15, 0.2) is 5.69 Å². The van der Waals surface area contributed by atoms with E-state index in [2.05, 4.69) is 15.4 Å². The molecule has 0 bridgehead atoms. The first-order valence-electron chi connectivity index (χ1n) is 3.88. The lowest BCUT2D eigenvalue weighted by molar-refractivity contribution is 0.0691. The third-order valence-electron chi connectivity index (χ3n) is 1.71. The molecule has 2 aromatic heterocycles. The maximum absolute atomic E-state index is 10.7. The molecule has 2 heterocycles. The quantitative estimate of drug-likeness (QED) is 0.786. The summed E-state index contributed by atoms with van der Waals surface area (Å²) in [6, 6.07) is 1.88. The third kappa shape index (κ3) is 1.39. The highest BCUT2D eigenvalue weighted by Crippen LogP contribution is 2.26. The van der Waals surface area contributed by atoms with Crippen LogP contribution >= 0.6 is 11.3 Å². The van der Waals surface area contributed by atoms with Crippen LogP contribution in [0.2, 0.25) is 0 Å². The Morgan fingerprint density at radius 1 is 1.57 bits per heavy atom. The number of carboxylic acids is 1. The van der Waals surface area contributed by atoms with E-state index >= 15 is 0 Å². The van der Waals surface area contributed by atoms with Gasteiger partial charge in [0.1, 0.15) is 5.69 Å². The molecule has 0 fully saturated rings. The summed E-state index contributed by atoms with van der Waals surface area (Å²) in [6.07, 6.45) is 0. The minimum atomic E-state index is -1.07. The number of aryl methyl sites for hydroxylation is 1. The predicted molar refractivity (Wildman–Crippen MR) is 51.4 cm³/mol. The summed E-state index contributed by atoms with van der Waals surface area (Å²) >= 11 is 1.45. The third-order valence-corrected chi connectivity index (χ3v) is 2.77. The second-order valence-electron chi connectivity index (χ2n) is 2.81. The molecule has 0 aliphatic rings. The first-order valence-corrected chi connectivity index (χ1v) is 4.76. The van der Waals surface area contributed by atoms with E-state index in [-0.39, 0.29) is 5.69 Å². The summed E-state index contributed by atoms with van der Waals surface area (Å²) in [5, 5.41) is 20.4. The van der Waals surface area contributed by atoms with E-state index < -0.39 is 5.97 Å². The summed E-state index contributed by atoms with van der Waals surface area (Å²) in [6.45, 7) is 1.94. The Bertz CT molecular complexity index is 474. The van der Waals surface area contributed by atoms with Crippen molar-refractivity contribution in [2.45, 2.75) is 6.92 Å². The molecule has 72 valence electrons. The number of aromatic amines is 1. The van der Waals surface area contributed by atoms with Crippen LogP contribution in [0.5, 0.6) is 0 Å². The normalized spacial score (nSPS) is 10.4. The monoisotopic (exact) mass is 209 g/mol. The van der Waals surface area contributed by atoms with E-state index in [0.29, 0.717) is 5.69 Å². The number of hydrogen-bond acceptors (Lipinski definition) is 4. The van der Waals surface area contributed by atoms with Gasteiger partial charge in [-0.2, -0.15) is 10.3 Å². The van der Waals surface area contributed by atoms with Gasteiger partial charge in [0.05, 0.1) is 4.88 Å². The van der Waals surface area contributed by atoms with Gasteiger partial charge < -0.3 is 5.11 Å². The number of carboxylic acid groups (broad SMARTS) is 1. The van der Waals surface area contributed by atoms with E-state index in [1.807, 2.05) is 18.4 Å². The van der Waals surface area contributed by atoms with Crippen LogP contribution in [-0.2, 0) is 0 Å². The second kappa shape index (κ2) is 3.22. The lowest BCUT2D eigenvalue weighted by Crippen LogP contribution is -1.98. The summed E-state index contributed by atoms with van der Waals surface area (Å²) < 4.78 is 0. The molecule has 2 aromatic rings. The molecule has 0 radical (unpaired) electrons. The Hall–Kier alpha value is -1.69. The number of hydrogen-bond donors (Lipinski definition) is 2. The van der Waals surface area contributed by atoms with Gasteiger partial charge in [-0.05, 0) is 23.9 Å². The first-order chi connectivity index (χ1) is 6.68. The Morgan fingerprint density at radius 2 is 2.36 bits per heavy atom. The zero-order valence-electron chi connectivity index (χ0n) is 7.31. The number of aromatic nitrogens is 3. The highest BCUT2D eigenvalue weighted by Gasteiger charge is 2.17. The van der Waals surface area contributed by atoms with Gasteiger partial charge in [-0.3, -0.25) is 0 Å². The molecule has 0 saturated heterocycles. The summed E-state index contributed by atoms with van der Waals surface area (Å²) in [5.74, 6) is -1.07. The molecule has 0 aliphatic carbocycles. The highest BCUT2D eigenvalue weighted by molar-refractivity contribution is 7.13. The fourth-order valence-electron chi connectivity index (χ4n) is 1.11. The lowest BCUT2D eigenvalue weighted by atomic mass is 10.2. The van der Waals surface area contributed by atoms with Gasteiger partial charge in [0.25, 0.3) is 0 Å². The SMILES string of the molecule is Cc1csc(-c2n[nH]nc2C(=O)O)c1. The lowest BCUT2D eigenvalue weighted by Gasteiger charge is -1.90. The van der Waals surface area contributed by atoms with Gasteiger partial charge in [-0.15, -0.1) is 16.4 Å². The molecule has 0 atom stereocenters. The molecule has 0 aliphatic heterocycles. The van der Waals surface area contributed by atoms with Crippen LogP contribution in [-0.4, -0.2) is 26.5 Å². The number of rotatable bonds is 2. The van der Waals surface area contributed by atoms with Crippen molar-refractivity contribution in [3.05, 3.63) is 22.7 Å². The number of nitrogens with zero attached hydrogens (tertiary/aromatic N) is 2. The minimum absolute atomic E-state index is 0.0353. The van der Waals surface area contributed by atoms with Crippen LogP contribution in [0.3, 0.4) is 0 Å². The number of carbonyl (C=O) groups is 1. The highest BCUT2D eigenvalue weighted by atomic mass is 32.1. The Kier molecular flexibility index (Phi) is 2.05. The van der Waals surface area contributed by atoms with Gasteiger partial charge in [0, 0.05) is 0 Å². The number of nitrogens with one attached hydrogen (secondary N) is 1. The molecule has 5 nitrogen and oxygen atoms in total. The average molecular weight is 209 g/mol. The van der Waals surface area contributed by atoms with Crippen molar-refractivity contribution in [1.82, 2.24) is 15.4 Å². The van der Waals surface area contributed by atoms with Crippen molar-refractivity contribution in [3.8, 4) is 10.6 Å². The van der Waals surface area contributed by atoms with Crippen LogP contribution in [0.1, 0.15) is 16.1 Å². The molecule has 2 rings (SSSR count). The van der Waals surface area contributed by atoms with Gasteiger partial charge in [-0.1, -0.05) is 0 Å². The van der Waals surface area contributed by atoms with Gasteiger partial charge in [0.2, 0.25) is 0 Å². The largest absolute Gasteiger partial charge is 0.476 e. The van der Waals surface area contributed by atoms with E-state index in [9.17, 15) is 4.79 Å². The summed E-state index contributed by atoms with van der Waals surface area (Å²) in [5.41, 5.74) is 1.45. The molecule has 0 spiro atoms. The number of aromatic carboxylic acids is 1. The fraction of sp³-hybridized carbons (Fsp3) is 0.125. The van der Waals surface area contributed by atoms with Crippen molar-refractivity contribution in [1.29, 1.82) is 0 Å².